The molecule has 0 spiro atoms. The highest BCUT2D eigenvalue weighted by molar-refractivity contribution is 5.49. The van der Waals surface area contributed by atoms with Crippen LogP contribution in [-0.4, -0.2) is 60.9 Å². The van der Waals surface area contributed by atoms with E-state index in [2.05, 4.69) is 16.8 Å². The summed E-state index contributed by atoms with van der Waals surface area (Å²) in [5, 5.41) is 11.4. The van der Waals surface area contributed by atoms with Gasteiger partial charge in [-0.25, -0.2) is 4.79 Å². The van der Waals surface area contributed by atoms with Crippen LogP contribution in [0.5, 0.6) is 11.5 Å². The topological polar surface area (TPSA) is 121 Å². The van der Waals surface area contributed by atoms with E-state index >= 15 is 0 Å². The molecule has 1 saturated heterocycles. The number of nitrogens with one attached hydrogen (secondary N) is 1. The van der Waals surface area contributed by atoms with Crippen molar-refractivity contribution in [3.63, 3.8) is 0 Å². The summed E-state index contributed by atoms with van der Waals surface area (Å²) >= 11 is 0. The van der Waals surface area contributed by atoms with Crippen LogP contribution in [-0.2, 0) is 19.8 Å². The number of hydrogen-bond acceptors (Lipinski definition) is 8. The lowest BCUT2D eigenvalue weighted by Crippen LogP contribution is -2.40. The summed E-state index contributed by atoms with van der Waals surface area (Å²) in [6, 6.07) is 24.9. The molecule has 0 radical (unpaired) electrons. The van der Waals surface area contributed by atoms with Gasteiger partial charge in [0, 0.05) is 13.3 Å². The molecule has 0 saturated carbocycles. The van der Waals surface area contributed by atoms with Crippen LogP contribution in [0.4, 0.5) is 0 Å². The van der Waals surface area contributed by atoms with Gasteiger partial charge in [0.1, 0.15) is 41.0 Å². The van der Waals surface area contributed by atoms with Crippen LogP contribution in [0.2, 0.25) is 0 Å². The van der Waals surface area contributed by atoms with Crippen LogP contribution in [0.15, 0.2) is 94.6 Å². The van der Waals surface area contributed by atoms with Gasteiger partial charge in [0.2, 0.25) is 0 Å². The zero-order valence-electron chi connectivity index (χ0n) is 24.9. The lowest BCUT2D eigenvalue weighted by atomic mass is 9.80. The zero-order chi connectivity index (χ0) is 31.3. The van der Waals surface area contributed by atoms with Gasteiger partial charge in [-0.3, -0.25) is 14.3 Å². The Bertz CT molecular complexity index is 1690. The molecule has 1 aliphatic rings. The number of H-pyrrole nitrogens is 1. The number of ether oxygens (including phenoxy) is 5. The maximum Gasteiger partial charge on any atom is 0.330 e. The summed E-state index contributed by atoms with van der Waals surface area (Å²) in [5.41, 5.74) is 0.0574. The highest BCUT2D eigenvalue weighted by Gasteiger charge is 2.47. The minimum atomic E-state index is -1.18. The number of methoxy groups -OCH3 is 3. The number of rotatable bonds is 10. The highest BCUT2D eigenvalue weighted by Crippen LogP contribution is 2.43. The van der Waals surface area contributed by atoms with Gasteiger partial charge in [-0.15, -0.1) is 5.92 Å². The molecular formula is C34H34N2O8. The van der Waals surface area contributed by atoms with E-state index in [1.807, 2.05) is 78.9 Å². The Morgan fingerprint density at radius 2 is 1.45 bits per heavy atom. The van der Waals surface area contributed by atoms with Gasteiger partial charge in [0.15, 0.2) is 6.23 Å². The summed E-state index contributed by atoms with van der Waals surface area (Å²) in [6.07, 6.45) is -2.78. The fourth-order valence-corrected chi connectivity index (χ4v) is 5.51. The SMILES string of the molecule is CC#Cc1cn([C@@H]2O[C@H](COC(c3ccccc3)(c3ccc(OC)cc3)c3ccc(OC)cc3)[C@@H](O)[C@H]2OC)c(=O)[nH]c1=O. The molecule has 0 unspecified atom stereocenters. The lowest BCUT2D eigenvalue weighted by molar-refractivity contribution is -0.0967. The Hall–Kier alpha value is -4.66. The first-order valence-corrected chi connectivity index (χ1v) is 14.0. The van der Waals surface area contributed by atoms with E-state index < -0.39 is 41.4 Å². The monoisotopic (exact) mass is 598 g/mol. The molecule has 44 heavy (non-hydrogen) atoms. The minimum absolute atomic E-state index is 0.0850. The molecule has 2 N–H and O–H groups in total. The standard InChI is InChI=1S/C34H34N2O8/c1-5-9-22-20-36(33(39)35-31(22)38)32-30(42-4)29(37)28(44-32)21-43-34(23-10-7-6-8-11-23,24-12-16-26(40-2)17-13-24)25-14-18-27(41-3)19-15-25/h6-8,10-20,28-30,32,37H,21H2,1-4H3,(H,35,38,39)/t28-,29-,30-,32-/m1/s1. The van der Waals surface area contributed by atoms with Crippen molar-refractivity contribution in [2.24, 2.45) is 0 Å². The van der Waals surface area contributed by atoms with Crippen LogP contribution < -0.4 is 20.7 Å². The summed E-state index contributed by atoms with van der Waals surface area (Å²) in [7, 11) is 4.62. The maximum absolute atomic E-state index is 12.8. The number of aromatic nitrogens is 2. The fourth-order valence-electron chi connectivity index (χ4n) is 5.51. The molecule has 4 atom stereocenters. The summed E-state index contributed by atoms with van der Waals surface area (Å²) in [4.78, 5) is 27.3. The predicted molar refractivity (Wildman–Crippen MR) is 163 cm³/mol. The molecule has 5 rings (SSSR count). The van der Waals surface area contributed by atoms with E-state index in [9.17, 15) is 14.7 Å². The Balaban J connectivity index is 1.57. The average Bonchev–Trinajstić information content (AvgIpc) is 3.38. The van der Waals surface area contributed by atoms with Gasteiger partial charge >= 0.3 is 5.69 Å². The second-order valence-electron chi connectivity index (χ2n) is 10.2. The third-order valence-corrected chi connectivity index (χ3v) is 7.72. The number of benzene rings is 3. The van der Waals surface area contributed by atoms with Crippen molar-refractivity contribution < 1.29 is 28.8 Å². The molecule has 0 bridgehead atoms. The van der Waals surface area contributed by atoms with Crippen molar-refractivity contribution in [1.29, 1.82) is 0 Å². The molecule has 3 aromatic carbocycles. The third kappa shape index (κ3) is 5.78. The van der Waals surface area contributed by atoms with Crippen LogP contribution in [0, 0.1) is 11.8 Å². The number of aromatic amines is 1. The molecule has 2 heterocycles. The van der Waals surface area contributed by atoms with Gasteiger partial charge < -0.3 is 28.8 Å². The first-order chi connectivity index (χ1) is 21.4. The average molecular weight is 599 g/mol. The van der Waals surface area contributed by atoms with Crippen LogP contribution in [0.1, 0.15) is 35.4 Å². The van der Waals surface area contributed by atoms with Crippen molar-refractivity contribution in [2.45, 2.75) is 37.1 Å². The molecule has 0 amide bonds. The van der Waals surface area contributed by atoms with Gasteiger partial charge in [0.05, 0.1) is 20.8 Å². The van der Waals surface area contributed by atoms with Crippen molar-refractivity contribution >= 4 is 0 Å². The summed E-state index contributed by atoms with van der Waals surface area (Å²) in [5.74, 6) is 6.71. The first-order valence-electron chi connectivity index (χ1n) is 14.0. The van der Waals surface area contributed by atoms with Crippen molar-refractivity contribution in [2.75, 3.05) is 27.9 Å². The second kappa shape index (κ2) is 13.3. The van der Waals surface area contributed by atoms with Gasteiger partial charge in [-0.1, -0.05) is 60.5 Å². The molecule has 1 fully saturated rings. The Labute approximate surface area is 254 Å². The number of aliphatic hydroxyl groups excluding tert-OH is 1. The van der Waals surface area contributed by atoms with E-state index in [4.69, 9.17) is 23.7 Å². The molecule has 1 aliphatic heterocycles. The largest absolute Gasteiger partial charge is 0.497 e. The quantitative estimate of drug-likeness (QED) is 0.211. The highest BCUT2D eigenvalue weighted by atomic mass is 16.6. The smallest absolute Gasteiger partial charge is 0.330 e. The van der Waals surface area contributed by atoms with Crippen LogP contribution >= 0.6 is 0 Å². The number of aliphatic hydroxyl groups is 1. The molecule has 228 valence electrons. The van der Waals surface area contributed by atoms with Gasteiger partial charge in [0.25, 0.3) is 5.56 Å². The molecule has 0 aliphatic carbocycles. The van der Waals surface area contributed by atoms with E-state index in [0.29, 0.717) is 11.5 Å². The Morgan fingerprint density at radius 1 is 0.886 bits per heavy atom. The van der Waals surface area contributed by atoms with E-state index in [1.54, 1.807) is 21.1 Å². The van der Waals surface area contributed by atoms with E-state index in [-0.39, 0.29) is 12.2 Å². The molecule has 10 heteroatoms. The normalized spacial score (nSPS) is 19.7. The first kappa shape index (κ1) is 30.8. The zero-order valence-corrected chi connectivity index (χ0v) is 24.9. The molecular weight excluding hydrogens is 564 g/mol. The predicted octanol–water partition coefficient (Wildman–Crippen LogP) is 3.21. The Morgan fingerprint density at radius 3 is 1.98 bits per heavy atom. The van der Waals surface area contributed by atoms with Gasteiger partial charge in [-0.2, -0.15) is 0 Å². The van der Waals surface area contributed by atoms with Crippen LogP contribution in [0.3, 0.4) is 0 Å². The third-order valence-electron chi connectivity index (χ3n) is 7.72. The summed E-state index contributed by atoms with van der Waals surface area (Å²) < 4.78 is 30.7. The van der Waals surface area contributed by atoms with Crippen molar-refractivity contribution in [3.05, 3.63) is 128 Å². The van der Waals surface area contributed by atoms with Gasteiger partial charge in [-0.05, 0) is 47.9 Å². The second-order valence-corrected chi connectivity index (χ2v) is 10.2. The minimum Gasteiger partial charge on any atom is -0.497 e. The molecule has 1 aromatic heterocycles. The summed E-state index contributed by atoms with van der Waals surface area (Å²) in [6.45, 7) is 1.49. The van der Waals surface area contributed by atoms with E-state index in [0.717, 1.165) is 16.7 Å². The van der Waals surface area contributed by atoms with E-state index in [1.165, 1.54) is 17.9 Å². The number of nitrogens with zero attached hydrogens (tertiary/aromatic N) is 1. The maximum atomic E-state index is 12.8. The molecule has 4 aromatic rings. The molecule has 10 nitrogen and oxygen atoms in total. The fraction of sp³-hybridized carbons (Fsp3) is 0.294. The van der Waals surface area contributed by atoms with Crippen LogP contribution in [0.25, 0.3) is 0 Å². The van der Waals surface area contributed by atoms with Crippen molar-refractivity contribution in [3.8, 4) is 23.3 Å². The Kier molecular flexibility index (Phi) is 9.32. The lowest BCUT2D eigenvalue weighted by Gasteiger charge is -2.37. The van der Waals surface area contributed by atoms with Crippen molar-refractivity contribution in [1.82, 2.24) is 9.55 Å². The number of hydrogen-bond donors (Lipinski definition) is 2.